The summed E-state index contributed by atoms with van der Waals surface area (Å²) in [6, 6.07) is 9.95. The molecule has 24 heavy (non-hydrogen) atoms. The second kappa shape index (κ2) is 7.90. The number of thioether (sulfide) groups is 1. The minimum Gasteiger partial charge on any atom is -0.454 e. The summed E-state index contributed by atoms with van der Waals surface area (Å²) in [5, 5.41) is 2.84. The average Bonchev–Trinajstić information content (AvgIpc) is 3.01. The molecule has 2 aromatic carbocycles. The zero-order valence-electron chi connectivity index (χ0n) is 12.7. The van der Waals surface area contributed by atoms with Crippen molar-refractivity contribution in [2.24, 2.45) is 0 Å². The monoisotopic (exact) mass is 411 g/mol. The highest BCUT2D eigenvalue weighted by atomic mass is 79.9. The fraction of sp³-hybridized carbons (Fsp3) is 0.235. The van der Waals surface area contributed by atoms with Gasteiger partial charge in [-0.2, -0.15) is 11.8 Å². The molecule has 4 nitrogen and oxygen atoms in total. The molecule has 0 atom stereocenters. The standard InChI is InChI=1S/C17H15BrFNO3S/c18-14-7-12(19)2-1-11(14)9-24-6-5-17(21)20-13-3-4-15-16(8-13)23-10-22-15/h1-4,7-8H,5-6,9-10H2,(H,20,21). The molecule has 0 bridgehead atoms. The van der Waals surface area contributed by atoms with E-state index in [1.165, 1.54) is 12.1 Å². The zero-order valence-corrected chi connectivity index (χ0v) is 15.1. The summed E-state index contributed by atoms with van der Waals surface area (Å²) >= 11 is 4.97. The van der Waals surface area contributed by atoms with Crippen molar-refractivity contribution in [3.8, 4) is 11.5 Å². The summed E-state index contributed by atoms with van der Waals surface area (Å²) in [5.74, 6) is 2.41. The smallest absolute Gasteiger partial charge is 0.231 e. The molecule has 0 aliphatic carbocycles. The third-order valence-electron chi connectivity index (χ3n) is 3.40. The van der Waals surface area contributed by atoms with Gasteiger partial charge in [-0.1, -0.05) is 22.0 Å². The molecule has 1 amide bonds. The minimum atomic E-state index is -0.265. The van der Waals surface area contributed by atoms with Gasteiger partial charge in [0.1, 0.15) is 5.82 Å². The maximum atomic E-state index is 13.0. The lowest BCUT2D eigenvalue weighted by molar-refractivity contribution is -0.115. The van der Waals surface area contributed by atoms with Crippen molar-refractivity contribution in [1.29, 1.82) is 0 Å². The van der Waals surface area contributed by atoms with E-state index in [1.807, 2.05) is 0 Å². The molecule has 0 unspecified atom stereocenters. The molecule has 0 aromatic heterocycles. The van der Waals surface area contributed by atoms with Gasteiger partial charge >= 0.3 is 0 Å². The highest BCUT2D eigenvalue weighted by Gasteiger charge is 2.14. The van der Waals surface area contributed by atoms with Crippen LogP contribution in [0, 0.1) is 5.82 Å². The number of fused-ring (bicyclic) bond motifs is 1. The number of nitrogens with one attached hydrogen (secondary N) is 1. The van der Waals surface area contributed by atoms with Gasteiger partial charge in [-0.05, 0) is 29.8 Å². The number of halogens is 2. The first-order chi connectivity index (χ1) is 11.6. The van der Waals surface area contributed by atoms with Crippen LogP contribution in [0.2, 0.25) is 0 Å². The topological polar surface area (TPSA) is 47.6 Å². The van der Waals surface area contributed by atoms with Gasteiger partial charge < -0.3 is 14.8 Å². The average molecular weight is 412 g/mol. The minimum absolute atomic E-state index is 0.0560. The van der Waals surface area contributed by atoms with Gasteiger partial charge in [-0.3, -0.25) is 4.79 Å². The van der Waals surface area contributed by atoms with E-state index >= 15 is 0 Å². The lowest BCUT2D eigenvalue weighted by atomic mass is 10.2. The van der Waals surface area contributed by atoms with Crippen molar-refractivity contribution < 1.29 is 18.7 Å². The molecule has 1 aliphatic heterocycles. The molecule has 0 spiro atoms. The van der Waals surface area contributed by atoms with Crippen LogP contribution in [0.1, 0.15) is 12.0 Å². The van der Waals surface area contributed by atoms with Crippen molar-refractivity contribution in [1.82, 2.24) is 0 Å². The van der Waals surface area contributed by atoms with Crippen LogP contribution >= 0.6 is 27.7 Å². The summed E-state index contributed by atoms with van der Waals surface area (Å²) in [6.45, 7) is 0.211. The van der Waals surface area contributed by atoms with Crippen LogP contribution in [0.15, 0.2) is 40.9 Å². The first-order valence-corrected chi connectivity index (χ1v) is 9.28. The van der Waals surface area contributed by atoms with E-state index in [1.54, 1.807) is 36.0 Å². The Balaban J connectivity index is 1.42. The van der Waals surface area contributed by atoms with Crippen LogP contribution in [0.4, 0.5) is 10.1 Å². The number of carbonyl (C=O) groups excluding carboxylic acids is 1. The number of carbonyl (C=O) groups is 1. The first-order valence-electron chi connectivity index (χ1n) is 7.33. The summed E-state index contributed by atoms with van der Waals surface area (Å²) in [4.78, 5) is 12.0. The third-order valence-corrected chi connectivity index (χ3v) is 5.15. The van der Waals surface area contributed by atoms with Crippen LogP contribution in [-0.4, -0.2) is 18.5 Å². The van der Waals surface area contributed by atoms with Crippen molar-refractivity contribution in [3.63, 3.8) is 0 Å². The number of ether oxygens (including phenoxy) is 2. The fourth-order valence-corrected chi connectivity index (χ4v) is 3.81. The van der Waals surface area contributed by atoms with Gasteiger partial charge in [0.2, 0.25) is 12.7 Å². The Kier molecular flexibility index (Phi) is 5.63. The number of amides is 1. The van der Waals surface area contributed by atoms with E-state index in [4.69, 9.17) is 9.47 Å². The number of rotatable bonds is 6. The number of hydrogen-bond acceptors (Lipinski definition) is 4. The predicted octanol–water partition coefficient (Wildman–Crippen LogP) is 4.58. The summed E-state index contributed by atoms with van der Waals surface area (Å²) < 4.78 is 24.3. The van der Waals surface area contributed by atoms with Gasteiger partial charge in [0.05, 0.1) is 0 Å². The second-order valence-electron chi connectivity index (χ2n) is 5.15. The van der Waals surface area contributed by atoms with E-state index < -0.39 is 0 Å². The number of benzene rings is 2. The molecule has 126 valence electrons. The lowest BCUT2D eigenvalue weighted by Gasteiger charge is -2.07. The van der Waals surface area contributed by atoms with Crippen LogP contribution < -0.4 is 14.8 Å². The maximum Gasteiger partial charge on any atom is 0.231 e. The quantitative estimate of drug-likeness (QED) is 0.706. The Hall–Kier alpha value is -1.73. The van der Waals surface area contributed by atoms with Crippen LogP contribution in [-0.2, 0) is 10.5 Å². The molecular weight excluding hydrogens is 397 g/mol. The predicted molar refractivity (Wildman–Crippen MR) is 96.1 cm³/mol. The van der Waals surface area contributed by atoms with E-state index in [2.05, 4.69) is 21.2 Å². The molecule has 7 heteroatoms. The van der Waals surface area contributed by atoms with Gasteiger partial charge in [-0.15, -0.1) is 0 Å². The zero-order chi connectivity index (χ0) is 16.9. The summed E-state index contributed by atoms with van der Waals surface area (Å²) in [7, 11) is 0. The normalized spacial score (nSPS) is 12.2. The summed E-state index contributed by atoms with van der Waals surface area (Å²) in [5.41, 5.74) is 1.70. The van der Waals surface area contributed by atoms with E-state index in [9.17, 15) is 9.18 Å². The largest absolute Gasteiger partial charge is 0.454 e. The van der Waals surface area contributed by atoms with Gasteiger partial charge in [-0.25, -0.2) is 4.39 Å². The molecule has 1 aliphatic rings. The van der Waals surface area contributed by atoms with Crippen LogP contribution in [0.3, 0.4) is 0 Å². The molecule has 1 N–H and O–H groups in total. The van der Waals surface area contributed by atoms with Crippen molar-refractivity contribution in [2.45, 2.75) is 12.2 Å². The van der Waals surface area contributed by atoms with Crippen molar-refractivity contribution >= 4 is 39.3 Å². The number of hydrogen-bond donors (Lipinski definition) is 1. The molecule has 2 aromatic rings. The van der Waals surface area contributed by atoms with Crippen molar-refractivity contribution in [2.75, 3.05) is 17.9 Å². The molecule has 1 heterocycles. The maximum absolute atomic E-state index is 13.0. The molecule has 3 rings (SSSR count). The summed E-state index contributed by atoms with van der Waals surface area (Å²) in [6.07, 6.45) is 0.401. The highest BCUT2D eigenvalue weighted by molar-refractivity contribution is 9.10. The molecule has 0 fully saturated rings. The molecule has 0 saturated heterocycles. The SMILES string of the molecule is O=C(CCSCc1ccc(F)cc1Br)Nc1ccc2c(c1)OCO2. The van der Waals surface area contributed by atoms with E-state index in [0.717, 1.165) is 15.8 Å². The molecule has 0 saturated carbocycles. The molecule has 0 radical (unpaired) electrons. The van der Waals surface area contributed by atoms with E-state index in [-0.39, 0.29) is 18.5 Å². The number of anilines is 1. The van der Waals surface area contributed by atoms with Crippen LogP contribution in [0.25, 0.3) is 0 Å². The van der Waals surface area contributed by atoms with E-state index in [0.29, 0.717) is 29.4 Å². The third kappa shape index (κ3) is 4.42. The Labute approximate surface area is 151 Å². The lowest BCUT2D eigenvalue weighted by Crippen LogP contribution is -2.12. The first kappa shape index (κ1) is 17.1. The Morgan fingerprint density at radius 1 is 1.21 bits per heavy atom. The van der Waals surface area contributed by atoms with Crippen molar-refractivity contribution in [3.05, 3.63) is 52.3 Å². The van der Waals surface area contributed by atoms with Crippen LogP contribution in [0.5, 0.6) is 11.5 Å². The van der Waals surface area contributed by atoms with Gasteiger partial charge in [0.15, 0.2) is 11.5 Å². The Morgan fingerprint density at radius 2 is 2.04 bits per heavy atom. The van der Waals surface area contributed by atoms with Gasteiger partial charge in [0, 0.05) is 34.2 Å². The second-order valence-corrected chi connectivity index (χ2v) is 7.11. The van der Waals surface area contributed by atoms with Gasteiger partial charge in [0.25, 0.3) is 0 Å². The molecular formula is C17H15BrFNO3S. The Bertz CT molecular complexity index is 757. The fourth-order valence-electron chi connectivity index (χ4n) is 2.18. The highest BCUT2D eigenvalue weighted by Crippen LogP contribution is 2.34. The Morgan fingerprint density at radius 3 is 2.88 bits per heavy atom.